The van der Waals surface area contributed by atoms with E-state index in [1.54, 1.807) is 0 Å². The number of nitrogens with one attached hydrogen (secondary N) is 1. The Balaban J connectivity index is 1.52. The summed E-state index contributed by atoms with van der Waals surface area (Å²) >= 11 is 0. The molecular weight excluding hydrogens is 570 g/mol. The number of fused-ring (bicyclic) bond motifs is 1. The van der Waals surface area contributed by atoms with Crippen molar-refractivity contribution in [2.75, 3.05) is 19.8 Å². The third-order valence-corrected chi connectivity index (χ3v) is 10.4. The molecule has 2 fully saturated rings. The molecule has 0 spiro atoms. The van der Waals surface area contributed by atoms with Crippen molar-refractivity contribution < 1.29 is 33.3 Å². The Hall–Kier alpha value is -1.74. The van der Waals surface area contributed by atoms with E-state index in [0.29, 0.717) is 43.9 Å². The summed E-state index contributed by atoms with van der Waals surface area (Å²) in [5.41, 5.74) is 0.792. The predicted octanol–water partition coefficient (Wildman–Crippen LogP) is 7.26. The zero-order valence-electron chi connectivity index (χ0n) is 28.9. The van der Waals surface area contributed by atoms with Crippen LogP contribution in [0.4, 0.5) is 0 Å². The highest BCUT2D eigenvalue weighted by molar-refractivity contribution is 5.76. The number of ether oxygens (including phenoxy) is 5. The van der Waals surface area contributed by atoms with Gasteiger partial charge in [-0.25, -0.2) is 0 Å². The summed E-state index contributed by atoms with van der Waals surface area (Å²) in [4.78, 5) is 26.1. The molecule has 256 valence electrons. The second-order valence-electron chi connectivity index (χ2n) is 14.5. The first-order valence-corrected chi connectivity index (χ1v) is 18.0. The average molecular weight is 632 g/mol. The number of amides is 1. The molecule has 45 heavy (non-hydrogen) atoms. The van der Waals surface area contributed by atoms with Crippen LogP contribution in [-0.2, 0) is 33.3 Å². The monoisotopic (exact) mass is 631 g/mol. The SMILES string of the molecule is CCNC(=O)C[C@@H](C[C@@H](CC[C@@H]1[C@@H]2C(=C[C@H](C)C[C@@H]2OC(=O)C(C)(C)CC)C=C[C@@H]1C)OC1CCCCO1)OC1CCCCO1. The molecule has 8 nitrogen and oxygen atoms in total. The second-order valence-corrected chi connectivity index (χ2v) is 14.5. The number of esters is 1. The molecule has 4 aliphatic rings. The summed E-state index contributed by atoms with van der Waals surface area (Å²) in [6, 6.07) is 0. The minimum atomic E-state index is -0.504. The number of hydrogen-bond donors (Lipinski definition) is 1. The molecule has 1 amide bonds. The van der Waals surface area contributed by atoms with Crippen LogP contribution in [0.15, 0.2) is 23.8 Å². The topological polar surface area (TPSA) is 92.3 Å². The van der Waals surface area contributed by atoms with Crippen LogP contribution in [0.5, 0.6) is 0 Å². The van der Waals surface area contributed by atoms with E-state index in [4.69, 9.17) is 23.7 Å². The van der Waals surface area contributed by atoms with Crippen molar-refractivity contribution >= 4 is 11.9 Å². The number of carbonyl (C=O) groups excluding carboxylic acids is 2. The molecule has 8 heteroatoms. The van der Waals surface area contributed by atoms with Gasteiger partial charge in [0.1, 0.15) is 6.10 Å². The van der Waals surface area contributed by atoms with Crippen LogP contribution in [-0.4, -0.2) is 62.5 Å². The lowest BCUT2D eigenvalue weighted by Gasteiger charge is -2.44. The van der Waals surface area contributed by atoms with Crippen molar-refractivity contribution in [3.8, 4) is 0 Å². The molecule has 0 aromatic rings. The minimum absolute atomic E-state index is 0.0113. The van der Waals surface area contributed by atoms with Crippen LogP contribution in [0.1, 0.15) is 119 Å². The molecular formula is C37H61NO7. The first-order valence-electron chi connectivity index (χ1n) is 18.0. The first kappa shape index (κ1) is 36.1. The van der Waals surface area contributed by atoms with Gasteiger partial charge in [-0.15, -0.1) is 0 Å². The molecule has 0 bridgehead atoms. The fourth-order valence-corrected chi connectivity index (χ4v) is 7.31. The zero-order valence-corrected chi connectivity index (χ0v) is 28.9. The van der Waals surface area contributed by atoms with Gasteiger partial charge in [0.25, 0.3) is 0 Å². The van der Waals surface area contributed by atoms with Gasteiger partial charge in [-0.3, -0.25) is 9.59 Å². The molecule has 4 rings (SSSR count). The Morgan fingerprint density at radius 2 is 1.67 bits per heavy atom. The van der Waals surface area contributed by atoms with Crippen LogP contribution in [0, 0.1) is 29.1 Å². The van der Waals surface area contributed by atoms with Gasteiger partial charge in [0.15, 0.2) is 12.6 Å². The van der Waals surface area contributed by atoms with Crippen molar-refractivity contribution in [3.05, 3.63) is 23.8 Å². The van der Waals surface area contributed by atoms with Gasteiger partial charge in [-0.1, -0.05) is 39.0 Å². The second kappa shape index (κ2) is 17.4. The molecule has 0 radical (unpaired) electrons. The number of hydrogen-bond acceptors (Lipinski definition) is 7. The third kappa shape index (κ3) is 10.6. The number of carbonyl (C=O) groups is 2. The number of allylic oxidation sites excluding steroid dienone is 3. The molecule has 0 aromatic heterocycles. The summed E-state index contributed by atoms with van der Waals surface area (Å²) in [5, 5.41) is 2.95. The minimum Gasteiger partial charge on any atom is -0.461 e. The summed E-state index contributed by atoms with van der Waals surface area (Å²) in [6.07, 6.45) is 16.0. The summed E-state index contributed by atoms with van der Waals surface area (Å²) in [6.45, 7) is 14.4. The Morgan fingerprint density at radius 3 is 2.27 bits per heavy atom. The van der Waals surface area contributed by atoms with E-state index < -0.39 is 5.41 Å². The molecule has 2 unspecified atom stereocenters. The molecule has 2 aliphatic carbocycles. The van der Waals surface area contributed by atoms with Crippen molar-refractivity contribution in [1.82, 2.24) is 5.32 Å². The summed E-state index contributed by atoms with van der Waals surface area (Å²) < 4.78 is 31.5. The lowest BCUT2D eigenvalue weighted by Crippen LogP contribution is -2.43. The van der Waals surface area contributed by atoms with Gasteiger partial charge in [0.2, 0.25) is 5.91 Å². The maximum Gasteiger partial charge on any atom is 0.311 e. The van der Waals surface area contributed by atoms with Crippen molar-refractivity contribution in [2.45, 2.75) is 149 Å². The van der Waals surface area contributed by atoms with Crippen LogP contribution in [0.2, 0.25) is 0 Å². The maximum atomic E-state index is 13.3. The zero-order chi connectivity index (χ0) is 32.4. The van der Waals surface area contributed by atoms with Crippen molar-refractivity contribution in [1.29, 1.82) is 0 Å². The first-order chi connectivity index (χ1) is 21.6. The van der Waals surface area contributed by atoms with E-state index >= 15 is 0 Å². The van der Waals surface area contributed by atoms with E-state index in [2.05, 4.69) is 37.4 Å². The number of rotatable bonds is 15. The standard InChI is InChI=1S/C37H61NO7/c1-7-37(5,6)36(40)45-31-22-25(3)21-27-16-15-26(4)30(35(27)31)18-17-28(43-33-13-9-11-19-41-33)23-29(24-32(39)38-8-2)44-34-14-10-12-20-42-34/h15-16,21,25-26,28-31,33-35H,7-14,17-20,22-24H2,1-6H3,(H,38,39)/t25-,26-,28+,29+,30-,31-,33?,34?,35-/m0/s1. The van der Waals surface area contributed by atoms with E-state index in [-0.39, 0.29) is 55.1 Å². The lowest BCUT2D eigenvalue weighted by molar-refractivity contribution is -0.217. The largest absolute Gasteiger partial charge is 0.461 e. The lowest BCUT2D eigenvalue weighted by atomic mass is 9.65. The highest BCUT2D eigenvalue weighted by Crippen LogP contribution is 2.46. The van der Waals surface area contributed by atoms with E-state index in [1.165, 1.54) is 5.57 Å². The third-order valence-electron chi connectivity index (χ3n) is 10.4. The van der Waals surface area contributed by atoms with Gasteiger partial charge in [-0.05, 0) is 108 Å². The van der Waals surface area contributed by atoms with Crippen LogP contribution in [0.25, 0.3) is 0 Å². The molecule has 9 atom stereocenters. The highest BCUT2D eigenvalue weighted by atomic mass is 16.7. The quantitative estimate of drug-likeness (QED) is 0.190. The Bertz CT molecular complexity index is 997. The summed E-state index contributed by atoms with van der Waals surface area (Å²) in [5.74, 6) is 1.04. The maximum absolute atomic E-state index is 13.3. The van der Waals surface area contributed by atoms with E-state index in [0.717, 1.165) is 64.2 Å². The predicted molar refractivity (Wildman–Crippen MR) is 175 cm³/mol. The Morgan fingerprint density at radius 1 is 1.00 bits per heavy atom. The van der Waals surface area contributed by atoms with Gasteiger partial charge in [0, 0.05) is 32.1 Å². The van der Waals surface area contributed by atoms with E-state index in [9.17, 15) is 9.59 Å². The molecule has 0 saturated carbocycles. The van der Waals surface area contributed by atoms with Gasteiger partial charge in [-0.2, -0.15) is 0 Å². The highest BCUT2D eigenvalue weighted by Gasteiger charge is 2.43. The fourth-order valence-electron chi connectivity index (χ4n) is 7.31. The van der Waals surface area contributed by atoms with Crippen LogP contribution in [0.3, 0.4) is 0 Å². The van der Waals surface area contributed by atoms with Crippen LogP contribution < -0.4 is 5.32 Å². The Labute approximate surface area is 272 Å². The van der Waals surface area contributed by atoms with E-state index in [1.807, 2.05) is 27.7 Å². The smallest absolute Gasteiger partial charge is 0.311 e. The molecule has 2 aliphatic heterocycles. The van der Waals surface area contributed by atoms with Crippen molar-refractivity contribution in [2.24, 2.45) is 29.1 Å². The molecule has 2 saturated heterocycles. The average Bonchev–Trinajstić information content (AvgIpc) is 3.01. The fraction of sp³-hybridized carbons (Fsp3) is 0.838. The van der Waals surface area contributed by atoms with Crippen LogP contribution >= 0.6 is 0 Å². The Kier molecular flexibility index (Phi) is 14.0. The van der Waals surface area contributed by atoms with Crippen molar-refractivity contribution in [3.63, 3.8) is 0 Å². The van der Waals surface area contributed by atoms with Gasteiger partial charge < -0.3 is 29.0 Å². The molecule has 1 N–H and O–H groups in total. The van der Waals surface area contributed by atoms with Gasteiger partial charge in [0.05, 0.1) is 24.0 Å². The summed E-state index contributed by atoms with van der Waals surface area (Å²) in [7, 11) is 0. The molecule has 0 aromatic carbocycles. The molecule has 2 heterocycles. The normalized spacial score (nSPS) is 31.8. The van der Waals surface area contributed by atoms with Gasteiger partial charge >= 0.3 is 5.97 Å².